The van der Waals surface area contributed by atoms with E-state index in [9.17, 15) is 14.9 Å². The van der Waals surface area contributed by atoms with Gasteiger partial charge < -0.3 is 10.2 Å². The van der Waals surface area contributed by atoms with Crippen LogP contribution in [-0.2, 0) is 0 Å². The van der Waals surface area contributed by atoms with Gasteiger partial charge in [0.15, 0.2) is 0 Å². The van der Waals surface area contributed by atoms with E-state index in [4.69, 9.17) is 0 Å². The number of thiazole rings is 1. The van der Waals surface area contributed by atoms with Gasteiger partial charge in [-0.25, -0.2) is 4.98 Å². The third-order valence-corrected chi connectivity index (χ3v) is 5.69. The molecule has 2 aromatic carbocycles. The Morgan fingerprint density at radius 1 is 1.26 bits per heavy atom. The highest BCUT2D eigenvalue weighted by molar-refractivity contribution is 7.18. The predicted octanol–water partition coefficient (Wildman–Crippen LogP) is 4.40. The molecule has 4 rings (SSSR count). The molecule has 0 aliphatic heterocycles. The Balaban J connectivity index is 1.64. The number of nitrogens with zero attached hydrogens (tertiary/aromatic N) is 3. The van der Waals surface area contributed by atoms with E-state index in [1.165, 1.54) is 25.0 Å². The van der Waals surface area contributed by atoms with Gasteiger partial charge in [-0.1, -0.05) is 0 Å². The fourth-order valence-electron chi connectivity index (χ4n) is 2.93. The zero-order chi connectivity index (χ0) is 19.1. The van der Waals surface area contributed by atoms with E-state index in [0.717, 1.165) is 15.2 Å². The third-order valence-electron chi connectivity index (χ3n) is 4.51. The summed E-state index contributed by atoms with van der Waals surface area (Å²) < 4.78 is 1.03. The Kier molecular flexibility index (Phi) is 4.27. The summed E-state index contributed by atoms with van der Waals surface area (Å²) in [7, 11) is 3.58. The summed E-state index contributed by atoms with van der Waals surface area (Å²) in [6.07, 6.45) is 2.40. The molecule has 7 nitrogen and oxygen atoms in total. The number of non-ortho nitro benzene ring substituents is 1. The fourth-order valence-corrected chi connectivity index (χ4v) is 4.11. The Morgan fingerprint density at radius 3 is 2.70 bits per heavy atom. The van der Waals surface area contributed by atoms with Gasteiger partial charge in [0.1, 0.15) is 0 Å². The number of hydrogen-bond acceptors (Lipinski definition) is 6. The Labute approximate surface area is 159 Å². The van der Waals surface area contributed by atoms with Crippen molar-refractivity contribution in [3.05, 3.63) is 57.1 Å². The smallest absolute Gasteiger partial charge is 0.270 e. The number of benzene rings is 2. The number of aromatic nitrogens is 1. The molecule has 1 saturated carbocycles. The van der Waals surface area contributed by atoms with Crippen LogP contribution in [0.5, 0.6) is 0 Å². The van der Waals surface area contributed by atoms with Crippen LogP contribution < -0.4 is 10.2 Å². The van der Waals surface area contributed by atoms with Crippen LogP contribution in [0.25, 0.3) is 10.2 Å². The van der Waals surface area contributed by atoms with Crippen molar-refractivity contribution in [1.29, 1.82) is 0 Å². The number of nitrogens with one attached hydrogen (secondary N) is 1. The van der Waals surface area contributed by atoms with Crippen LogP contribution in [0, 0.1) is 10.1 Å². The van der Waals surface area contributed by atoms with Crippen LogP contribution in [0.15, 0.2) is 36.4 Å². The molecule has 1 N–H and O–H groups in total. The van der Waals surface area contributed by atoms with Crippen molar-refractivity contribution >= 4 is 44.5 Å². The van der Waals surface area contributed by atoms with Gasteiger partial charge in [-0.3, -0.25) is 14.9 Å². The van der Waals surface area contributed by atoms with Crippen molar-refractivity contribution in [2.75, 3.05) is 24.3 Å². The van der Waals surface area contributed by atoms with Crippen LogP contribution in [0.2, 0.25) is 0 Å². The van der Waals surface area contributed by atoms with Crippen LogP contribution in [0.1, 0.15) is 34.1 Å². The van der Waals surface area contributed by atoms with E-state index >= 15 is 0 Å². The molecule has 0 spiro atoms. The maximum absolute atomic E-state index is 12.8. The highest BCUT2D eigenvalue weighted by Crippen LogP contribution is 2.43. The van der Waals surface area contributed by atoms with Crippen molar-refractivity contribution < 1.29 is 9.72 Å². The highest BCUT2D eigenvalue weighted by atomic mass is 32.1. The largest absolute Gasteiger partial charge is 0.377 e. The predicted molar refractivity (Wildman–Crippen MR) is 107 cm³/mol. The standard InChI is InChI=1S/C19H18N4O3S/c1-22(2)16-8-6-13(23(25)26)10-14(16)18(24)20-12-5-7-15-17(9-12)27-19(21-15)11-3-4-11/h5-11H,3-4H2,1-2H3,(H,20,24). The number of fused-ring (bicyclic) bond motifs is 1. The lowest BCUT2D eigenvalue weighted by molar-refractivity contribution is -0.384. The molecule has 138 valence electrons. The number of carbonyl (C=O) groups is 1. The van der Waals surface area contributed by atoms with E-state index in [2.05, 4.69) is 10.3 Å². The summed E-state index contributed by atoms with van der Waals surface area (Å²) in [4.78, 5) is 29.8. The van der Waals surface area contributed by atoms with Crippen LogP contribution in [-0.4, -0.2) is 29.9 Å². The minimum Gasteiger partial charge on any atom is -0.377 e. The molecule has 0 bridgehead atoms. The second-order valence-electron chi connectivity index (χ2n) is 6.82. The molecule has 0 saturated heterocycles. The quantitative estimate of drug-likeness (QED) is 0.522. The summed E-state index contributed by atoms with van der Waals surface area (Å²) in [5, 5.41) is 15.1. The van der Waals surface area contributed by atoms with Gasteiger partial charge in [-0.05, 0) is 37.1 Å². The van der Waals surface area contributed by atoms with Crippen LogP contribution in [0.4, 0.5) is 17.1 Å². The molecular formula is C19H18N4O3S. The normalized spacial score (nSPS) is 13.6. The summed E-state index contributed by atoms with van der Waals surface area (Å²) in [6, 6.07) is 9.90. The molecule has 1 heterocycles. The van der Waals surface area contributed by atoms with Crippen LogP contribution >= 0.6 is 11.3 Å². The molecule has 1 aliphatic carbocycles. The van der Waals surface area contributed by atoms with Gasteiger partial charge in [0.05, 0.1) is 25.7 Å². The first-order valence-electron chi connectivity index (χ1n) is 8.60. The first-order valence-corrected chi connectivity index (χ1v) is 9.41. The van der Waals surface area contributed by atoms with Gasteiger partial charge in [0, 0.05) is 43.5 Å². The number of amides is 1. The van der Waals surface area contributed by atoms with Gasteiger partial charge in [-0.2, -0.15) is 0 Å². The first kappa shape index (κ1) is 17.4. The zero-order valence-electron chi connectivity index (χ0n) is 14.9. The molecular weight excluding hydrogens is 364 g/mol. The molecule has 0 radical (unpaired) electrons. The number of carbonyl (C=O) groups excluding carboxylic acids is 1. The lowest BCUT2D eigenvalue weighted by Crippen LogP contribution is -2.18. The summed E-state index contributed by atoms with van der Waals surface area (Å²) >= 11 is 1.66. The molecule has 1 amide bonds. The maximum Gasteiger partial charge on any atom is 0.270 e. The van der Waals surface area contributed by atoms with Crippen LogP contribution in [0.3, 0.4) is 0 Å². The third kappa shape index (κ3) is 3.48. The van der Waals surface area contributed by atoms with Gasteiger partial charge in [0.2, 0.25) is 0 Å². The van der Waals surface area contributed by atoms with Crippen molar-refractivity contribution in [1.82, 2.24) is 4.98 Å². The Hall–Kier alpha value is -3.00. The van der Waals surface area contributed by atoms with Crippen molar-refractivity contribution in [2.24, 2.45) is 0 Å². The first-order chi connectivity index (χ1) is 12.9. The summed E-state index contributed by atoms with van der Waals surface area (Å²) in [6.45, 7) is 0. The summed E-state index contributed by atoms with van der Waals surface area (Å²) in [5.41, 5.74) is 2.35. The molecule has 0 unspecified atom stereocenters. The zero-order valence-corrected chi connectivity index (χ0v) is 15.7. The topological polar surface area (TPSA) is 88.4 Å². The lowest BCUT2D eigenvalue weighted by Gasteiger charge is -2.17. The van der Waals surface area contributed by atoms with E-state index in [1.807, 2.05) is 18.2 Å². The van der Waals surface area contributed by atoms with E-state index < -0.39 is 4.92 Å². The minimum absolute atomic E-state index is 0.113. The fraction of sp³-hybridized carbons (Fsp3) is 0.263. The molecule has 3 aromatic rings. The SMILES string of the molecule is CN(C)c1ccc([N+](=O)[O-])cc1C(=O)Nc1ccc2nc(C3CC3)sc2c1. The number of rotatable bonds is 5. The maximum atomic E-state index is 12.8. The van der Waals surface area contributed by atoms with E-state index in [0.29, 0.717) is 17.3 Å². The van der Waals surface area contributed by atoms with Crippen molar-refractivity contribution in [3.8, 4) is 0 Å². The Bertz CT molecular complexity index is 1060. The molecule has 0 atom stereocenters. The average Bonchev–Trinajstić information content (AvgIpc) is 3.40. The van der Waals surface area contributed by atoms with E-state index in [1.54, 1.807) is 36.4 Å². The van der Waals surface area contributed by atoms with Crippen molar-refractivity contribution in [2.45, 2.75) is 18.8 Å². The number of nitro groups is 1. The number of anilines is 2. The molecule has 1 aromatic heterocycles. The van der Waals surface area contributed by atoms with E-state index in [-0.39, 0.29) is 17.2 Å². The molecule has 8 heteroatoms. The molecule has 1 fully saturated rings. The van der Waals surface area contributed by atoms with Gasteiger partial charge >= 0.3 is 0 Å². The second kappa shape index (κ2) is 6.62. The monoisotopic (exact) mass is 382 g/mol. The Morgan fingerprint density at radius 2 is 2.04 bits per heavy atom. The van der Waals surface area contributed by atoms with Crippen molar-refractivity contribution in [3.63, 3.8) is 0 Å². The molecule has 27 heavy (non-hydrogen) atoms. The summed E-state index contributed by atoms with van der Waals surface area (Å²) in [5.74, 6) is 0.210. The van der Waals surface area contributed by atoms with Gasteiger partial charge in [-0.15, -0.1) is 11.3 Å². The number of nitro benzene ring substituents is 1. The lowest BCUT2D eigenvalue weighted by atomic mass is 10.1. The average molecular weight is 382 g/mol. The van der Waals surface area contributed by atoms with Gasteiger partial charge in [0.25, 0.3) is 11.6 Å². The highest BCUT2D eigenvalue weighted by Gasteiger charge is 2.27. The molecule has 1 aliphatic rings. The second-order valence-corrected chi connectivity index (χ2v) is 7.88. The minimum atomic E-state index is -0.501. The number of hydrogen-bond donors (Lipinski definition) is 1.